The number of rotatable bonds is 7. The van der Waals surface area contributed by atoms with Gasteiger partial charge >= 0.3 is 0 Å². The van der Waals surface area contributed by atoms with Crippen LogP contribution in [-0.4, -0.2) is 18.2 Å². The number of unbranched alkanes of at least 4 members (excludes halogenated alkanes) is 1. The average Bonchev–Trinajstić information content (AvgIpc) is 2.89. The lowest BCUT2D eigenvalue weighted by atomic mass is 10.1. The molecule has 21 heavy (non-hydrogen) atoms. The lowest BCUT2D eigenvalue weighted by molar-refractivity contribution is -0.116. The van der Waals surface area contributed by atoms with Gasteiger partial charge in [0.05, 0.1) is 7.11 Å². The number of nitrogens with zero attached hydrogens (tertiary/aromatic N) is 1. The predicted octanol–water partition coefficient (Wildman–Crippen LogP) is 3.34. The summed E-state index contributed by atoms with van der Waals surface area (Å²) in [7, 11) is 1.66. The van der Waals surface area contributed by atoms with Crippen LogP contribution in [0.4, 0.5) is 5.82 Å². The number of nitrogens with one attached hydrogen (secondary N) is 1. The van der Waals surface area contributed by atoms with Crippen LogP contribution in [0, 0.1) is 6.92 Å². The molecule has 0 radical (unpaired) electrons. The van der Waals surface area contributed by atoms with Crippen molar-refractivity contribution in [3.63, 3.8) is 0 Å². The van der Waals surface area contributed by atoms with Gasteiger partial charge < -0.3 is 14.6 Å². The van der Waals surface area contributed by atoms with Crippen LogP contribution in [0.25, 0.3) is 0 Å². The molecule has 2 aromatic rings. The molecule has 0 spiro atoms. The number of amides is 1. The van der Waals surface area contributed by atoms with Crippen LogP contribution >= 0.6 is 0 Å². The van der Waals surface area contributed by atoms with Crippen LogP contribution in [0.15, 0.2) is 34.9 Å². The largest absolute Gasteiger partial charge is 0.497 e. The summed E-state index contributed by atoms with van der Waals surface area (Å²) in [4.78, 5) is 11.7. The zero-order valence-electron chi connectivity index (χ0n) is 12.4. The molecular formula is C16H20N2O3. The molecule has 0 atom stereocenters. The van der Waals surface area contributed by atoms with Gasteiger partial charge in [0.25, 0.3) is 0 Å². The third-order valence-electron chi connectivity index (χ3n) is 3.17. The van der Waals surface area contributed by atoms with Crippen molar-refractivity contribution in [1.29, 1.82) is 0 Å². The first-order chi connectivity index (χ1) is 10.2. The Morgan fingerprint density at radius 2 is 2.05 bits per heavy atom. The van der Waals surface area contributed by atoms with Gasteiger partial charge in [-0.05, 0) is 43.9 Å². The third-order valence-corrected chi connectivity index (χ3v) is 3.17. The molecule has 1 aromatic carbocycles. The molecule has 0 aliphatic heterocycles. The summed E-state index contributed by atoms with van der Waals surface area (Å²) in [5, 5.41) is 6.45. The fourth-order valence-corrected chi connectivity index (χ4v) is 2.04. The van der Waals surface area contributed by atoms with Gasteiger partial charge in [-0.25, -0.2) is 0 Å². The third kappa shape index (κ3) is 4.95. The Labute approximate surface area is 124 Å². The smallest absolute Gasteiger partial charge is 0.225 e. The first-order valence-corrected chi connectivity index (χ1v) is 7.03. The van der Waals surface area contributed by atoms with E-state index in [0.29, 0.717) is 18.0 Å². The molecule has 112 valence electrons. The Hall–Kier alpha value is -2.30. The predicted molar refractivity (Wildman–Crippen MR) is 80.4 cm³/mol. The standard InChI is InChI=1S/C16H20N2O3/c1-12-11-15(18-21-12)17-16(19)6-4-3-5-13-7-9-14(20-2)10-8-13/h7-11H,3-6H2,1-2H3,(H,17,18,19). The maximum atomic E-state index is 11.7. The van der Waals surface area contributed by atoms with Crippen molar-refractivity contribution >= 4 is 11.7 Å². The topological polar surface area (TPSA) is 64.4 Å². The van der Waals surface area contributed by atoms with Gasteiger partial charge in [-0.2, -0.15) is 0 Å². The second kappa shape index (κ2) is 7.47. The summed E-state index contributed by atoms with van der Waals surface area (Å²) >= 11 is 0. The van der Waals surface area contributed by atoms with Crippen LogP contribution in [0.5, 0.6) is 5.75 Å². The molecular weight excluding hydrogens is 268 g/mol. The van der Waals surface area contributed by atoms with Gasteiger partial charge in [0.2, 0.25) is 5.91 Å². The van der Waals surface area contributed by atoms with Crippen molar-refractivity contribution in [3.8, 4) is 5.75 Å². The quantitative estimate of drug-likeness (QED) is 0.794. The maximum absolute atomic E-state index is 11.7. The Balaban J connectivity index is 1.65. The van der Waals surface area contributed by atoms with Crippen LogP contribution < -0.4 is 10.1 Å². The number of aromatic nitrogens is 1. The lowest BCUT2D eigenvalue weighted by Gasteiger charge is -2.04. The van der Waals surface area contributed by atoms with Gasteiger partial charge in [-0.3, -0.25) is 4.79 Å². The van der Waals surface area contributed by atoms with E-state index in [2.05, 4.69) is 22.6 Å². The van der Waals surface area contributed by atoms with Gasteiger partial charge in [-0.15, -0.1) is 0 Å². The Morgan fingerprint density at radius 1 is 1.29 bits per heavy atom. The first-order valence-electron chi connectivity index (χ1n) is 7.03. The van der Waals surface area contributed by atoms with Crippen LogP contribution in [0.1, 0.15) is 30.6 Å². The number of aryl methyl sites for hydroxylation is 2. The van der Waals surface area contributed by atoms with Crippen LogP contribution in [-0.2, 0) is 11.2 Å². The van der Waals surface area contributed by atoms with Crippen molar-refractivity contribution in [3.05, 3.63) is 41.7 Å². The van der Waals surface area contributed by atoms with E-state index in [1.165, 1.54) is 5.56 Å². The van der Waals surface area contributed by atoms with Crippen LogP contribution in [0.3, 0.4) is 0 Å². The second-order valence-electron chi connectivity index (χ2n) is 4.93. The normalized spacial score (nSPS) is 10.4. The summed E-state index contributed by atoms with van der Waals surface area (Å²) in [5.74, 6) is 2.00. The Morgan fingerprint density at radius 3 is 2.67 bits per heavy atom. The summed E-state index contributed by atoms with van der Waals surface area (Å²) in [6.45, 7) is 1.79. The summed E-state index contributed by atoms with van der Waals surface area (Å²) < 4.78 is 10.0. The molecule has 0 unspecified atom stereocenters. The molecule has 0 saturated heterocycles. The van der Waals surface area contributed by atoms with E-state index >= 15 is 0 Å². The molecule has 1 amide bonds. The molecule has 0 bridgehead atoms. The molecule has 1 heterocycles. The molecule has 0 aliphatic rings. The molecule has 1 N–H and O–H groups in total. The highest BCUT2D eigenvalue weighted by Crippen LogP contribution is 2.14. The Kier molecular flexibility index (Phi) is 5.37. The monoisotopic (exact) mass is 288 g/mol. The molecule has 5 nitrogen and oxygen atoms in total. The second-order valence-corrected chi connectivity index (χ2v) is 4.93. The van der Waals surface area contributed by atoms with Crippen molar-refractivity contribution in [2.24, 2.45) is 0 Å². The number of benzene rings is 1. The molecule has 0 fully saturated rings. The number of hydrogen-bond donors (Lipinski definition) is 1. The van der Waals surface area contributed by atoms with Crippen molar-refractivity contribution in [2.75, 3.05) is 12.4 Å². The van der Waals surface area contributed by atoms with Gasteiger partial charge in [0, 0.05) is 12.5 Å². The number of anilines is 1. The highest BCUT2D eigenvalue weighted by atomic mass is 16.5. The number of carbonyl (C=O) groups is 1. The van der Waals surface area contributed by atoms with Crippen molar-refractivity contribution in [1.82, 2.24) is 5.16 Å². The zero-order chi connectivity index (χ0) is 15.1. The van der Waals surface area contributed by atoms with Crippen molar-refractivity contribution < 1.29 is 14.1 Å². The summed E-state index contributed by atoms with van der Waals surface area (Å²) in [6, 6.07) is 9.72. The number of methoxy groups -OCH3 is 1. The highest BCUT2D eigenvalue weighted by molar-refractivity contribution is 5.89. The van der Waals surface area contributed by atoms with E-state index in [1.807, 2.05) is 12.1 Å². The molecule has 0 aliphatic carbocycles. The van der Waals surface area contributed by atoms with E-state index in [-0.39, 0.29) is 5.91 Å². The molecule has 5 heteroatoms. The number of ether oxygens (including phenoxy) is 1. The average molecular weight is 288 g/mol. The van der Waals surface area contributed by atoms with Gasteiger partial charge in [0.15, 0.2) is 5.82 Å². The maximum Gasteiger partial charge on any atom is 0.225 e. The zero-order valence-corrected chi connectivity index (χ0v) is 12.4. The minimum absolute atomic E-state index is 0.0296. The van der Waals surface area contributed by atoms with Crippen molar-refractivity contribution in [2.45, 2.75) is 32.6 Å². The van der Waals surface area contributed by atoms with E-state index in [9.17, 15) is 4.79 Å². The number of carbonyl (C=O) groups excluding carboxylic acids is 1. The van der Waals surface area contributed by atoms with E-state index < -0.39 is 0 Å². The molecule has 0 saturated carbocycles. The SMILES string of the molecule is COc1ccc(CCCCC(=O)Nc2cc(C)on2)cc1. The number of hydrogen-bond acceptors (Lipinski definition) is 4. The Bertz CT molecular complexity index is 575. The highest BCUT2D eigenvalue weighted by Gasteiger charge is 2.05. The fourth-order valence-electron chi connectivity index (χ4n) is 2.04. The minimum atomic E-state index is -0.0296. The van der Waals surface area contributed by atoms with E-state index in [4.69, 9.17) is 9.26 Å². The first kappa shape index (κ1) is 15.1. The van der Waals surface area contributed by atoms with Gasteiger partial charge in [0.1, 0.15) is 11.5 Å². The van der Waals surface area contributed by atoms with E-state index in [0.717, 1.165) is 25.0 Å². The minimum Gasteiger partial charge on any atom is -0.497 e. The van der Waals surface area contributed by atoms with E-state index in [1.54, 1.807) is 20.1 Å². The fraction of sp³-hybridized carbons (Fsp3) is 0.375. The molecule has 2 rings (SSSR count). The summed E-state index contributed by atoms with van der Waals surface area (Å²) in [6.07, 6.45) is 3.26. The lowest BCUT2D eigenvalue weighted by Crippen LogP contribution is -2.11. The van der Waals surface area contributed by atoms with Crippen LogP contribution in [0.2, 0.25) is 0 Å². The summed E-state index contributed by atoms with van der Waals surface area (Å²) in [5.41, 5.74) is 1.25. The molecule has 1 aromatic heterocycles. The van der Waals surface area contributed by atoms with Gasteiger partial charge in [-0.1, -0.05) is 17.3 Å².